The number of hydrogen-bond donors (Lipinski definition) is 0. The third-order valence-corrected chi connectivity index (χ3v) is 4.34. The second-order valence-corrected chi connectivity index (χ2v) is 5.55. The molecule has 0 spiro atoms. The Morgan fingerprint density at radius 3 is 2.60 bits per heavy atom. The molecule has 0 amide bonds. The minimum absolute atomic E-state index is 0.0689. The van der Waals surface area contributed by atoms with E-state index in [-0.39, 0.29) is 5.78 Å². The summed E-state index contributed by atoms with van der Waals surface area (Å²) in [6.07, 6.45) is 0.323. The predicted octanol–water partition coefficient (Wildman–Crippen LogP) is 3.23. The van der Waals surface area contributed by atoms with Crippen LogP contribution < -0.4 is 4.74 Å². The Morgan fingerprint density at radius 1 is 1.40 bits per heavy atom. The van der Waals surface area contributed by atoms with Gasteiger partial charge in [0, 0.05) is 12.6 Å². The topological polar surface area (TPSA) is 44.1 Å². The van der Waals surface area contributed by atoms with Gasteiger partial charge < -0.3 is 4.74 Å². The molecular weight excluding hydrogens is 320 g/mol. The van der Waals surface area contributed by atoms with Crippen LogP contribution in [0.2, 0.25) is 0 Å². The number of hydrogen-bond acceptors (Lipinski definition) is 3. The molecule has 0 atom stereocenters. The van der Waals surface area contributed by atoms with E-state index >= 15 is 0 Å². The van der Waals surface area contributed by atoms with E-state index in [1.165, 1.54) is 0 Å². The molecule has 20 heavy (non-hydrogen) atoms. The smallest absolute Gasteiger partial charge is 0.168 e. The summed E-state index contributed by atoms with van der Waals surface area (Å²) in [6, 6.07) is 5.48. The molecule has 1 aromatic carbocycles. The normalized spacial score (nSPS) is 10.7. The number of Topliss-reactive ketones (excluding diaryl/α,β-unsaturated/α-hetero) is 1. The van der Waals surface area contributed by atoms with Crippen LogP contribution >= 0.6 is 15.9 Å². The Morgan fingerprint density at radius 2 is 2.10 bits per heavy atom. The molecule has 1 heterocycles. The molecule has 0 radical (unpaired) electrons. The lowest BCUT2D eigenvalue weighted by atomic mass is 10.0. The molecule has 106 valence electrons. The molecule has 0 aliphatic carbocycles. The van der Waals surface area contributed by atoms with Crippen LogP contribution in [0.3, 0.4) is 0 Å². The minimum atomic E-state index is 0.0689. The summed E-state index contributed by atoms with van der Waals surface area (Å²) in [7, 11) is 3.47. The fraction of sp³-hybridized carbons (Fsp3) is 0.333. The summed E-state index contributed by atoms with van der Waals surface area (Å²) < 4.78 is 7.85. The van der Waals surface area contributed by atoms with Crippen LogP contribution in [0.25, 0.3) is 0 Å². The third kappa shape index (κ3) is 2.77. The van der Waals surface area contributed by atoms with E-state index in [1.807, 2.05) is 33.0 Å². The van der Waals surface area contributed by atoms with Gasteiger partial charge in [0.2, 0.25) is 0 Å². The van der Waals surface area contributed by atoms with Crippen molar-refractivity contribution in [2.24, 2.45) is 7.05 Å². The number of ketones is 1. The van der Waals surface area contributed by atoms with Crippen LogP contribution in [-0.4, -0.2) is 22.7 Å². The first-order valence-corrected chi connectivity index (χ1v) is 7.09. The van der Waals surface area contributed by atoms with Gasteiger partial charge in [0.05, 0.1) is 29.4 Å². The van der Waals surface area contributed by atoms with Gasteiger partial charge in [-0.05, 0) is 53.5 Å². The molecule has 0 aliphatic rings. The fourth-order valence-corrected chi connectivity index (χ4v) is 2.65. The summed E-state index contributed by atoms with van der Waals surface area (Å²) in [5, 5.41) is 4.30. The first-order valence-electron chi connectivity index (χ1n) is 6.30. The highest BCUT2D eigenvalue weighted by molar-refractivity contribution is 9.10. The molecule has 0 saturated carbocycles. The van der Waals surface area contributed by atoms with Crippen LogP contribution in [0, 0.1) is 13.8 Å². The van der Waals surface area contributed by atoms with Gasteiger partial charge in [0.1, 0.15) is 5.75 Å². The van der Waals surface area contributed by atoms with Gasteiger partial charge in [0.15, 0.2) is 5.78 Å². The lowest BCUT2D eigenvalue weighted by molar-refractivity contribution is 0.0990. The summed E-state index contributed by atoms with van der Waals surface area (Å²) in [4.78, 5) is 12.4. The zero-order valence-electron chi connectivity index (χ0n) is 12.0. The number of carbonyl (C=O) groups is 1. The molecule has 1 aromatic heterocycles. The molecule has 0 unspecified atom stereocenters. The number of aromatic nitrogens is 2. The maximum atomic E-state index is 12.4. The largest absolute Gasteiger partial charge is 0.496 e. The lowest BCUT2D eigenvalue weighted by Crippen LogP contribution is -2.08. The molecule has 2 aromatic rings. The molecule has 2 rings (SSSR count). The molecular formula is C15H17BrN2O2. The van der Waals surface area contributed by atoms with E-state index in [1.54, 1.807) is 17.9 Å². The van der Waals surface area contributed by atoms with Crippen LogP contribution in [0.15, 0.2) is 22.7 Å². The number of aryl methyl sites for hydroxylation is 3. The first-order chi connectivity index (χ1) is 9.43. The van der Waals surface area contributed by atoms with E-state index in [9.17, 15) is 4.79 Å². The lowest BCUT2D eigenvalue weighted by Gasteiger charge is -2.07. The Bertz CT molecular complexity index is 662. The molecule has 0 fully saturated rings. The third-order valence-electron chi connectivity index (χ3n) is 3.31. The number of nitrogens with zero attached hydrogens (tertiary/aromatic N) is 2. The van der Waals surface area contributed by atoms with E-state index in [0.717, 1.165) is 27.2 Å². The second-order valence-electron chi connectivity index (χ2n) is 4.75. The maximum absolute atomic E-state index is 12.4. The number of methoxy groups -OCH3 is 1. The van der Waals surface area contributed by atoms with Gasteiger partial charge >= 0.3 is 0 Å². The zero-order valence-corrected chi connectivity index (χ0v) is 13.6. The van der Waals surface area contributed by atoms with E-state index in [2.05, 4.69) is 21.0 Å². The molecule has 4 nitrogen and oxygen atoms in total. The van der Waals surface area contributed by atoms with Crippen molar-refractivity contribution in [1.82, 2.24) is 9.78 Å². The van der Waals surface area contributed by atoms with Gasteiger partial charge in [0.25, 0.3) is 0 Å². The van der Waals surface area contributed by atoms with Crippen LogP contribution in [0.1, 0.15) is 27.3 Å². The van der Waals surface area contributed by atoms with Crippen molar-refractivity contribution in [2.45, 2.75) is 20.3 Å². The zero-order chi connectivity index (χ0) is 14.9. The highest BCUT2D eigenvalue weighted by atomic mass is 79.9. The van der Waals surface area contributed by atoms with Crippen LogP contribution in [0.4, 0.5) is 0 Å². The van der Waals surface area contributed by atoms with Crippen molar-refractivity contribution in [3.05, 3.63) is 45.2 Å². The van der Waals surface area contributed by atoms with Crippen molar-refractivity contribution in [1.29, 1.82) is 0 Å². The van der Waals surface area contributed by atoms with Crippen molar-refractivity contribution >= 4 is 21.7 Å². The summed E-state index contributed by atoms with van der Waals surface area (Å²) in [5.74, 6) is 0.860. The van der Waals surface area contributed by atoms with E-state index in [0.29, 0.717) is 12.0 Å². The predicted molar refractivity (Wildman–Crippen MR) is 81.4 cm³/mol. The molecule has 0 N–H and O–H groups in total. The summed E-state index contributed by atoms with van der Waals surface area (Å²) in [5.41, 5.74) is 3.43. The van der Waals surface area contributed by atoms with Gasteiger partial charge in [-0.25, -0.2) is 0 Å². The van der Waals surface area contributed by atoms with E-state index < -0.39 is 0 Å². The number of benzene rings is 1. The van der Waals surface area contributed by atoms with Crippen LogP contribution in [0.5, 0.6) is 5.75 Å². The Kier molecular flexibility index (Phi) is 4.28. The second kappa shape index (κ2) is 5.79. The fourth-order valence-electron chi connectivity index (χ4n) is 2.18. The van der Waals surface area contributed by atoms with Gasteiger partial charge in [-0.1, -0.05) is 0 Å². The monoisotopic (exact) mass is 336 g/mol. The average Bonchev–Trinajstić information content (AvgIpc) is 2.65. The maximum Gasteiger partial charge on any atom is 0.168 e. The van der Waals surface area contributed by atoms with Crippen molar-refractivity contribution < 1.29 is 9.53 Å². The Labute approximate surface area is 126 Å². The van der Waals surface area contributed by atoms with Crippen molar-refractivity contribution in [3.63, 3.8) is 0 Å². The summed E-state index contributed by atoms with van der Waals surface area (Å²) in [6.45, 7) is 3.84. The number of halogens is 1. The molecule has 0 bridgehead atoms. The highest BCUT2D eigenvalue weighted by Crippen LogP contribution is 2.23. The van der Waals surface area contributed by atoms with Crippen molar-refractivity contribution in [2.75, 3.05) is 7.11 Å². The minimum Gasteiger partial charge on any atom is -0.496 e. The molecule has 5 heteroatoms. The number of rotatable bonds is 4. The quantitative estimate of drug-likeness (QED) is 0.805. The average molecular weight is 337 g/mol. The Balaban J connectivity index is 2.26. The van der Waals surface area contributed by atoms with Crippen molar-refractivity contribution in [3.8, 4) is 5.75 Å². The van der Waals surface area contributed by atoms with Gasteiger partial charge in [-0.2, -0.15) is 5.10 Å². The SMILES string of the molecule is COc1ccc(C(=O)Cc2c(Br)c(C)nn2C)cc1C. The Hall–Kier alpha value is -1.62. The van der Waals surface area contributed by atoms with Gasteiger partial charge in [-0.15, -0.1) is 0 Å². The number of ether oxygens (including phenoxy) is 1. The number of carbonyl (C=O) groups excluding carboxylic acids is 1. The first kappa shape index (κ1) is 14.8. The van der Waals surface area contributed by atoms with E-state index in [4.69, 9.17) is 4.74 Å². The highest BCUT2D eigenvalue weighted by Gasteiger charge is 2.16. The molecule has 0 aliphatic heterocycles. The summed E-state index contributed by atoms with van der Waals surface area (Å²) >= 11 is 3.48. The van der Waals surface area contributed by atoms with Gasteiger partial charge in [-0.3, -0.25) is 9.48 Å². The standard InChI is InChI=1S/C15H17BrN2O2/c1-9-7-11(5-6-14(9)20-4)13(19)8-12-15(16)10(2)17-18(12)3/h5-7H,8H2,1-4H3. The van der Waals surface area contributed by atoms with Crippen LogP contribution in [-0.2, 0) is 13.5 Å². The molecule has 0 saturated heterocycles.